The van der Waals surface area contributed by atoms with Crippen molar-refractivity contribution in [3.8, 4) is 0 Å². The molecule has 3 rings (SSSR count). The minimum atomic E-state index is 0.539. The van der Waals surface area contributed by atoms with Gasteiger partial charge in [0.05, 0.1) is 0 Å². The van der Waals surface area contributed by atoms with Crippen molar-refractivity contribution in [1.82, 2.24) is 0 Å². The topological polar surface area (TPSA) is 3.24 Å². The molecule has 0 heterocycles. The highest BCUT2D eigenvalue weighted by Gasteiger charge is 2.14. The minimum Gasteiger partial charge on any atom is -0.311 e. The Balaban J connectivity index is 0.00000187. The molecule has 1 unspecified atom stereocenters. The molecule has 0 amide bonds. The number of benzene rings is 3. The van der Waals surface area contributed by atoms with Crippen LogP contribution in [0.15, 0.2) is 77.7 Å². The molecule has 0 fully saturated rings. The second kappa shape index (κ2) is 14.2. The van der Waals surface area contributed by atoms with E-state index in [9.17, 15) is 0 Å². The van der Waals surface area contributed by atoms with Crippen LogP contribution in [0.3, 0.4) is 0 Å². The zero-order valence-corrected chi connectivity index (χ0v) is 22.6. The third-order valence-electron chi connectivity index (χ3n) is 6.01. The summed E-state index contributed by atoms with van der Waals surface area (Å²) in [7, 11) is 0. The normalized spacial score (nSPS) is 11.6. The summed E-state index contributed by atoms with van der Waals surface area (Å²) in [5.74, 6) is 2.32. The summed E-state index contributed by atoms with van der Waals surface area (Å²) in [6, 6.07) is 27.2. The molecule has 0 saturated heterocycles. The Bertz CT molecular complexity index is 911. The first-order valence-corrected chi connectivity index (χ1v) is 13.7. The first kappa shape index (κ1) is 27.1. The van der Waals surface area contributed by atoms with E-state index >= 15 is 0 Å². The number of thioether (sulfide) groups is 1. The maximum atomic E-state index is 2.37. The average Bonchev–Trinajstić information content (AvgIpc) is 2.87. The molecule has 3 aromatic carbocycles. The summed E-state index contributed by atoms with van der Waals surface area (Å²) in [4.78, 5) is 3.71. The molecule has 0 spiro atoms. The maximum Gasteiger partial charge on any atom is 0.0462 e. The highest BCUT2D eigenvalue weighted by atomic mass is 32.2. The van der Waals surface area contributed by atoms with Crippen molar-refractivity contribution in [3.63, 3.8) is 0 Å². The van der Waals surface area contributed by atoms with Crippen LogP contribution >= 0.6 is 11.8 Å². The average molecular weight is 462 g/mol. The van der Waals surface area contributed by atoms with Gasteiger partial charge in [-0.05, 0) is 90.1 Å². The number of unbranched alkanes of at least 4 members (excludes halogenated alkanes) is 1. The lowest BCUT2D eigenvalue weighted by Crippen LogP contribution is -2.10. The second-order valence-electron chi connectivity index (χ2n) is 8.68. The first-order chi connectivity index (χ1) is 16.0. The molecule has 2 heteroatoms. The van der Waals surface area contributed by atoms with Crippen molar-refractivity contribution in [3.05, 3.63) is 83.9 Å². The first-order valence-electron chi connectivity index (χ1n) is 12.8. The molecule has 0 aromatic heterocycles. The number of nitrogens with zero attached hydrogens (tertiary/aromatic N) is 1. The molecular formula is C31H43NS. The van der Waals surface area contributed by atoms with Gasteiger partial charge in [-0.1, -0.05) is 79.2 Å². The van der Waals surface area contributed by atoms with E-state index in [0.717, 1.165) is 6.42 Å². The van der Waals surface area contributed by atoms with Crippen molar-refractivity contribution in [2.45, 2.75) is 84.5 Å². The Labute approximate surface area is 207 Å². The lowest BCUT2D eigenvalue weighted by Gasteiger charge is -2.26. The van der Waals surface area contributed by atoms with Crippen molar-refractivity contribution in [1.29, 1.82) is 0 Å². The Hall–Kier alpha value is -2.19. The molecule has 33 heavy (non-hydrogen) atoms. The highest BCUT2D eigenvalue weighted by molar-refractivity contribution is 7.99. The van der Waals surface area contributed by atoms with Crippen LogP contribution < -0.4 is 4.90 Å². The Morgan fingerprint density at radius 1 is 0.667 bits per heavy atom. The smallest absolute Gasteiger partial charge is 0.0462 e. The van der Waals surface area contributed by atoms with Gasteiger partial charge in [-0.15, -0.1) is 11.8 Å². The van der Waals surface area contributed by atoms with E-state index in [1.165, 1.54) is 51.7 Å². The Kier molecular flexibility index (Phi) is 11.6. The number of anilines is 3. The van der Waals surface area contributed by atoms with Crippen LogP contribution in [0.1, 0.15) is 90.7 Å². The van der Waals surface area contributed by atoms with E-state index in [4.69, 9.17) is 0 Å². The van der Waals surface area contributed by atoms with E-state index in [1.807, 2.05) is 25.6 Å². The van der Waals surface area contributed by atoms with Crippen molar-refractivity contribution < 1.29 is 0 Å². The van der Waals surface area contributed by atoms with E-state index in [2.05, 4.69) is 112 Å². The van der Waals surface area contributed by atoms with Crippen LogP contribution in [-0.4, -0.2) is 5.75 Å². The summed E-state index contributed by atoms with van der Waals surface area (Å²) >= 11 is 1.95. The van der Waals surface area contributed by atoms with Crippen LogP contribution in [0.2, 0.25) is 0 Å². The van der Waals surface area contributed by atoms with Gasteiger partial charge in [0.15, 0.2) is 0 Å². The van der Waals surface area contributed by atoms with Gasteiger partial charge in [0.25, 0.3) is 0 Å². The summed E-state index contributed by atoms with van der Waals surface area (Å²) in [6.07, 6.45) is 3.68. The van der Waals surface area contributed by atoms with Gasteiger partial charge in [0.1, 0.15) is 0 Å². The number of hydrogen-bond acceptors (Lipinski definition) is 2. The molecule has 3 aromatic rings. The van der Waals surface area contributed by atoms with Crippen LogP contribution in [-0.2, 0) is 0 Å². The largest absolute Gasteiger partial charge is 0.311 e. The van der Waals surface area contributed by atoms with Crippen molar-refractivity contribution >= 4 is 28.8 Å². The van der Waals surface area contributed by atoms with Gasteiger partial charge < -0.3 is 4.90 Å². The lowest BCUT2D eigenvalue weighted by atomic mass is 9.98. The summed E-state index contributed by atoms with van der Waals surface area (Å²) in [5.41, 5.74) is 6.39. The quantitative estimate of drug-likeness (QED) is 0.218. The van der Waals surface area contributed by atoms with E-state index in [1.54, 1.807) is 0 Å². The molecule has 0 aliphatic carbocycles. The highest BCUT2D eigenvalue weighted by Crippen LogP contribution is 2.37. The maximum absolute atomic E-state index is 2.37. The zero-order chi connectivity index (χ0) is 24.2. The summed E-state index contributed by atoms with van der Waals surface area (Å²) < 4.78 is 0. The van der Waals surface area contributed by atoms with Crippen LogP contribution in [0.5, 0.6) is 0 Å². The van der Waals surface area contributed by atoms with Crippen molar-refractivity contribution in [2.75, 3.05) is 10.7 Å². The molecule has 0 saturated carbocycles. The molecule has 178 valence electrons. The Morgan fingerprint density at radius 2 is 1.12 bits per heavy atom. The number of hydrogen-bond donors (Lipinski definition) is 0. The number of rotatable bonds is 10. The zero-order valence-electron chi connectivity index (χ0n) is 21.8. The van der Waals surface area contributed by atoms with Gasteiger partial charge in [0, 0.05) is 22.0 Å². The van der Waals surface area contributed by atoms with Crippen LogP contribution in [0.25, 0.3) is 0 Å². The molecular weight excluding hydrogens is 418 g/mol. The third-order valence-corrected chi connectivity index (χ3v) is 7.11. The van der Waals surface area contributed by atoms with Gasteiger partial charge in [-0.3, -0.25) is 0 Å². The SMILES string of the molecule is CC.CCCCSc1ccc(N(c2ccc(C(C)C)cc2)c2ccc(C(C)CC)cc2)cc1. The van der Waals surface area contributed by atoms with Gasteiger partial charge in [0.2, 0.25) is 0 Å². The molecule has 0 bridgehead atoms. The monoisotopic (exact) mass is 461 g/mol. The standard InChI is InChI=1S/C29H37NS.C2H6/c1-6-8-21-31-29-19-17-28(18-20-29)30(26-13-9-24(10-14-26)22(3)4)27-15-11-25(12-16-27)23(5)7-2;1-2/h9-20,22-23H,6-8,21H2,1-5H3;1-2H3. The third kappa shape index (κ3) is 7.67. The van der Waals surface area contributed by atoms with E-state index in [-0.39, 0.29) is 0 Å². The lowest BCUT2D eigenvalue weighted by molar-refractivity contribution is 0.733. The Morgan fingerprint density at radius 3 is 1.55 bits per heavy atom. The fourth-order valence-electron chi connectivity index (χ4n) is 3.67. The van der Waals surface area contributed by atoms with Gasteiger partial charge in [-0.25, -0.2) is 0 Å². The summed E-state index contributed by atoms with van der Waals surface area (Å²) in [6.45, 7) is 15.3. The van der Waals surface area contributed by atoms with Gasteiger partial charge >= 0.3 is 0 Å². The van der Waals surface area contributed by atoms with Crippen molar-refractivity contribution in [2.24, 2.45) is 0 Å². The fourth-order valence-corrected chi connectivity index (χ4v) is 4.67. The fraction of sp³-hybridized carbons (Fsp3) is 0.419. The van der Waals surface area contributed by atoms with Gasteiger partial charge in [-0.2, -0.15) is 0 Å². The van der Waals surface area contributed by atoms with E-state index in [0.29, 0.717) is 11.8 Å². The molecule has 0 aliphatic heterocycles. The minimum absolute atomic E-state index is 0.539. The molecule has 1 atom stereocenters. The molecule has 0 N–H and O–H groups in total. The van der Waals surface area contributed by atoms with E-state index < -0.39 is 0 Å². The molecule has 0 radical (unpaired) electrons. The van der Waals surface area contributed by atoms with Crippen LogP contribution in [0, 0.1) is 0 Å². The van der Waals surface area contributed by atoms with Crippen LogP contribution in [0.4, 0.5) is 17.1 Å². The predicted octanol–water partition coefficient (Wildman–Crippen LogP) is 10.7. The second-order valence-corrected chi connectivity index (χ2v) is 9.85. The molecule has 1 nitrogen and oxygen atoms in total. The summed E-state index contributed by atoms with van der Waals surface area (Å²) in [5, 5.41) is 0. The predicted molar refractivity (Wildman–Crippen MR) is 151 cm³/mol. The molecule has 0 aliphatic rings.